The molecule has 0 spiro atoms. The quantitative estimate of drug-likeness (QED) is 0.459. The van der Waals surface area contributed by atoms with Crippen LogP contribution in [-0.4, -0.2) is 48.5 Å². The van der Waals surface area contributed by atoms with E-state index in [-0.39, 0.29) is 37.1 Å². The maximum Gasteiger partial charge on any atom is 0.330 e. The van der Waals surface area contributed by atoms with Gasteiger partial charge in [0.2, 0.25) is 5.91 Å². The van der Waals surface area contributed by atoms with E-state index in [0.29, 0.717) is 12.2 Å². The first-order valence-electron chi connectivity index (χ1n) is 9.71. The minimum absolute atomic E-state index is 0.0467. The Kier molecular flexibility index (Phi) is 9.00. The van der Waals surface area contributed by atoms with Gasteiger partial charge in [0, 0.05) is 30.8 Å². The average molecular weight is 436 g/mol. The number of benzene rings is 1. The molecule has 4 N–H and O–H groups in total. The van der Waals surface area contributed by atoms with Crippen molar-refractivity contribution in [1.82, 2.24) is 9.55 Å². The summed E-state index contributed by atoms with van der Waals surface area (Å²) < 4.78 is 6.46. The van der Waals surface area contributed by atoms with E-state index < -0.39 is 11.2 Å². The number of aromatic nitrogens is 2. The molecular formula is C20H29N5O4S. The minimum atomic E-state index is -0.626. The molecular weight excluding hydrogens is 406 g/mol. The lowest BCUT2D eigenvalue weighted by Crippen LogP contribution is -2.42. The number of ether oxygens (including phenoxy) is 1. The number of hydrogen-bond donors (Lipinski definition) is 3. The number of carbonyl (C=O) groups excluding carboxylic acids is 1. The highest BCUT2D eigenvalue weighted by atomic mass is 32.2. The number of nitrogen functional groups attached to an aromatic ring is 1. The van der Waals surface area contributed by atoms with Gasteiger partial charge in [-0.15, -0.1) is 11.8 Å². The highest BCUT2D eigenvalue weighted by molar-refractivity contribution is 7.98. The number of rotatable bonds is 11. The van der Waals surface area contributed by atoms with Crippen LogP contribution in [0.25, 0.3) is 0 Å². The molecule has 0 radical (unpaired) electrons. The van der Waals surface area contributed by atoms with Crippen LogP contribution in [0.15, 0.2) is 38.8 Å². The molecule has 1 aromatic carbocycles. The van der Waals surface area contributed by atoms with Gasteiger partial charge in [-0.05, 0) is 30.9 Å². The predicted octanol–water partition coefficient (Wildman–Crippen LogP) is 1.73. The van der Waals surface area contributed by atoms with Gasteiger partial charge in [0.25, 0.3) is 5.56 Å². The van der Waals surface area contributed by atoms with Crippen molar-refractivity contribution in [1.29, 1.82) is 0 Å². The Hall–Kier alpha value is -2.72. The molecule has 2 aromatic rings. The van der Waals surface area contributed by atoms with E-state index in [4.69, 9.17) is 10.5 Å². The van der Waals surface area contributed by atoms with E-state index in [1.54, 1.807) is 17.8 Å². The third-order valence-electron chi connectivity index (χ3n) is 4.52. The van der Waals surface area contributed by atoms with Gasteiger partial charge in [-0.3, -0.25) is 19.1 Å². The zero-order valence-corrected chi connectivity index (χ0v) is 18.4. The maximum atomic E-state index is 12.7. The number of methoxy groups -OCH3 is 1. The van der Waals surface area contributed by atoms with Gasteiger partial charge in [0.05, 0.1) is 13.2 Å². The highest BCUT2D eigenvalue weighted by Crippen LogP contribution is 2.20. The number of nitrogens with two attached hydrogens (primary N) is 1. The molecule has 0 saturated carbocycles. The molecule has 0 bridgehead atoms. The smallest absolute Gasteiger partial charge is 0.330 e. The Bertz CT molecular complexity index is 972. The van der Waals surface area contributed by atoms with E-state index >= 15 is 0 Å². The van der Waals surface area contributed by atoms with Crippen LogP contribution in [0.2, 0.25) is 0 Å². The molecule has 0 atom stereocenters. The fourth-order valence-electron chi connectivity index (χ4n) is 2.97. The van der Waals surface area contributed by atoms with E-state index in [9.17, 15) is 14.4 Å². The summed E-state index contributed by atoms with van der Waals surface area (Å²) in [6.07, 6.45) is 3.56. The van der Waals surface area contributed by atoms with Crippen molar-refractivity contribution >= 4 is 34.9 Å². The molecule has 0 fully saturated rings. The summed E-state index contributed by atoms with van der Waals surface area (Å²) in [6, 6.07) is 7.47. The van der Waals surface area contributed by atoms with Crippen LogP contribution in [0.5, 0.6) is 0 Å². The zero-order chi connectivity index (χ0) is 22.1. The largest absolute Gasteiger partial charge is 0.383 e. The Balaban J connectivity index is 2.31. The maximum absolute atomic E-state index is 12.7. The molecule has 1 aromatic heterocycles. The molecule has 0 unspecified atom stereocenters. The summed E-state index contributed by atoms with van der Waals surface area (Å²) in [5.41, 5.74) is 5.76. The summed E-state index contributed by atoms with van der Waals surface area (Å²) in [6.45, 7) is 2.80. The van der Waals surface area contributed by atoms with E-state index in [1.807, 2.05) is 31.4 Å². The number of carbonyl (C=O) groups is 1. The van der Waals surface area contributed by atoms with Crippen molar-refractivity contribution in [2.24, 2.45) is 0 Å². The Morgan fingerprint density at radius 3 is 2.80 bits per heavy atom. The number of nitrogens with one attached hydrogen (secondary N) is 2. The lowest BCUT2D eigenvalue weighted by atomic mass is 10.3. The number of hydrogen-bond acceptors (Lipinski definition) is 7. The van der Waals surface area contributed by atoms with Crippen molar-refractivity contribution in [3.63, 3.8) is 0 Å². The summed E-state index contributed by atoms with van der Waals surface area (Å²) in [7, 11) is 1.53. The number of unbranched alkanes of at least 4 members (excludes halogenated alkanes) is 1. The standard InChI is InChI=1S/C20H29N5O4S/c1-4-5-9-25-18(21)17(19(27)23-20(25)28)24(10-11-29-2)13-16(26)22-14-7-6-8-15(12-14)30-3/h6-8,12H,4-5,9-11,13,21H2,1-3H3,(H,22,26)(H,23,27,28). The van der Waals surface area contributed by atoms with E-state index in [0.717, 1.165) is 17.7 Å². The second-order valence-electron chi connectivity index (χ2n) is 6.69. The van der Waals surface area contributed by atoms with Crippen LogP contribution in [0.3, 0.4) is 0 Å². The van der Waals surface area contributed by atoms with Gasteiger partial charge in [-0.1, -0.05) is 19.4 Å². The highest BCUT2D eigenvalue weighted by Gasteiger charge is 2.21. The number of amides is 1. The minimum Gasteiger partial charge on any atom is -0.383 e. The first-order valence-corrected chi connectivity index (χ1v) is 10.9. The monoisotopic (exact) mass is 435 g/mol. The molecule has 30 heavy (non-hydrogen) atoms. The van der Waals surface area contributed by atoms with Crippen molar-refractivity contribution in [3.05, 3.63) is 45.1 Å². The Labute approximate surface area is 179 Å². The predicted molar refractivity (Wildman–Crippen MR) is 122 cm³/mol. The van der Waals surface area contributed by atoms with Crippen molar-refractivity contribution in [2.45, 2.75) is 31.2 Å². The summed E-state index contributed by atoms with van der Waals surface area (Å²) in [5, 5.41) is 2.84. The molecule has 2 rings (SSSR count). The van der Waals surface area contributed by atoms with Crippen LogP contribution < -0.4 is 27.2 Å². The van der Waals surface area contributed by atoms with Gasteiger partial charge in [-0.25, -0.2) is 4.79 Å². The summed E-state index contributed by atoms with van der Waals surface area (Å²) in [5.74, 6) is -0.264. The molecule has 164 valence electrons. The molecule has 1 amide bonds. The van der Waals surface area contributed by atoms with Gasteiger partial charge in [0.1, 0.15) is 11.5 Å². The van der Waals surface area contributed by atoms with E-state index in [2.05, 4.69) is 10.3 Å². The Morgan fingerprint density at radius 2 is 2.13 bits per heavy atom. The Morgan fingerprint density at radius 1 is 1.37 bits per heavy atom. The van der Waals surface area contributed by atoms with Crippen LogP contribution in [0.1, 0.15) is 19.8 Å². The van der Waals surface area contributed by atoms with Gasteiger partial charge in [0.15, 0.2) is 0 Å². The summed E-state index contributed by atoms with van der Waals surface area (Å²) in [4.78, 5) is 42.3. The van der Waals surface area contributed by atoms with Crippen molar-refractivity contribution < 1.29 is 9.53 Å². The van der Waals surface area contributed by atoms with Gasteiger partial charge >= 0.3 is 5.69 Å². The normalized spacial score (nSPS) is 10.8. The SMILES string of the molecule is CCCCn1c(N)c(N(CCOC)CC(=O)Nc2cccc(SC)c2)c(=O)[nH]c1=O. The molecule has 0 aliphatic heterocycles. The number of nitrogens with zero attached hydrogens (tertiary/aromatic N) is 2. The van der Waals surface area contributed by atoms with Crippen LogP contribution in [0, 0.1) is 0 Å². The molecule has 0 aliphatic carbocycles. The second kappa shape index (κ2) is 11.5. The number of anilines is 3. The topological polar surface area (TPSA) is 122 Å². The van der Waals surface area contributed by atoms with Gasteiger partial charge in [-0.2, -0.15) is 0 Å². The van der Waals surface area contributed by atoms with Crippen LogP contribution in [-0.2, 0) is 16.1 Å². The fraction of sp³-hybridized carbons (Fsp3) is 0.450. The number of thioether (sulfide) groups is 1. The second-order valence-corrected chi connectivity index (χ2v) is 7.57. The van der Waals surface area contributed by atoms with Crippen LogP contribution >= 0.6 is 11.8 Å². The third-order valence-corrected chi connectivity index (χ3v) is 5.24. The molecule has 10 heteroatoms. The van der Waals surface area contributed by atoms with Crippen molar-refractivity contribution in [3.8, 4) is 0 Å². The number of aromatic amines is 1. The lowest BCUT2D eigenvalue weighted by molar-refractivity contribution is -0.115. The molecule has 9 nitrogen and oxygen atoms in total. The average Bonchev–Trinajstić information content (AvgIpc) is 2.71. The lowest BCUT2D eigenvalue weighted by Gasteiger charge is -2.25. The van der Waals surface area contributed by atoms with Crippen molar-refractivity contribution in [2.75, 3.05) is 49.0 Å². The van der Waals surface area contributed by atoms with E-state index in [1.165, 1.54) is 16.6 Å². The van der Waals surface area contributed by atoms with Crippen LogP contribution in [0.4, 0.5) is 17.2 Å². The van der Waals surface area contributed by atoms with Gasteiger partial charge < -0.3 is 20.7 Å². The first-order chi connectivity index (χ1) is 14.4. The number of H-pyrrole nitrogens is 1. The molecule has 1 heterocycles. The zero-order valence-electron chi connectivity index (χ0n) is 17.6. The first kappa shape index (κ1) is 23.6. The molecule has 0 aliphatic rings. The third kappa shape index (κ3) is 6.14. The fourth-order valence-corrected chi connectivity index (χ4v) is 3.43. The molecule has 0 saturated heterocycles. The summed E-state index contributed by atoms with van der Waals surface area (Å²) >= 11 is 1.57.